The average Bonchev–Trinajstić information content (AvgIpc) is 2.39. The van der Waals surface area contributed by atoms with Gasteiger partial charge in [-0.15, -0.1) is 0 Å². The Morgan fingerprint density at radius 2 is 1.56 bits per heavy atom. The van der Waals surface area contributed by atoms with Crippen molar-refractivity contribution in [3.63, 3.8) is 0 Å². The second kappa shape index (κ2) is 5.41. The molecule has 0 saturated carbocycles. The molecule has 0 saturated heterocycles. The minimum atomic E-state index is -0.636. The summed E-state index contributed by atoms with van der Waals surface area (Å²) in [7, 11) is -1.27. The average molecular weight is 273 g/mol. The molecule has 1 aliphatic rings. The third-order valence-corrected chi connectivity index (χ3v) is 13.7. The summed E-state index contributed by atoms with van der Waals surface area (Å²) in [6.07, 6.45) is 8.72. The lowest BCUT2D eigenvalue weighted by Gasteiger charge is -2.39. The van der Waals surface area contributed by atoms with Gasteiger partial charge in [0, 0.05) is 17.6 Å². The van der Waals surface area contributed by atoms with Crippen LogP contribution < -0.4 is 0 Å². The number of hydrogen-bond acceptors (Lipinski definition) is 0. The molecule has 0 bridgehead atoms. The van der Waals surface area contributed by atoms with Crippen molar-refractivity contribution in [3.05, 3.63) is 54.1 Å². The van der Waals surface area contributed by atoms with E-state index in [-0.39, 0.29) is 0 Å². The zero-order chi connectivity index (χ0) is 13.2. The van der Waals surface area contributed by atoms with Gasteiger partial charge in [0.2, 0.25) is 0 Å². The summed E-state index contributed by atoms with van der Waals surface area (Å²) in [6, 6.07) is 10.8. The van der Waals surface area contributed by atoms with E-state index < -0.39 is 17.6 Å². The van der Waals surface area contributed by atoms with Crippen LogP contribution in [0.5, 0.6) is 0 Å². The molecule has 0 aromatic heterocycles. The van der Waals surface area contributed by atoms with Crippen molar-refractivity contribution in [2.45, 2.75) is 37.3 Å². The molecule has 2 heteroatoms. The van der Waals surface area contributed by atoms with Crippen molar-refractivity contribution in [3.8, 4) is 0 Å². The van der Waals surface area contributed by atoms with Gasteiger partial charge >= 0.3 is 0 Å². The first kappa shape index (κ1) is 13.6. The fourth-order valence-electron chi connectivity index (χ4n) is 3.04. The second-order valence-electron chi connectivity index (χ2n) is 5.98. The zero-order valence-electron chi connectivity index (χ0n) is 12.0. The lowest BCUT2D eigenvalue weighted by Crippen LogP contribution is -2.37. The topological polar surface area (TPSA) is 0 Å². The number of hydrogen-bond donors (Lipinski definition) is 0. The largest absolute Gasteiger partial charge is 0.0833 e. The fraction of sp³-hybridized carbons (Fsp3) is 0.375. The number of benzene rings is 1. The molecular weight excluding hydrogens is 248 g/mol. The first-order valence-electron chi connectivity index (χ1n) is 7.01. The van der Waals surface area contributed by atoms with Crippen molar-refractivity contribution in [2.75, 3.05) is 0 Å². The molecule has 0 unspecified atom stereocenters. The van der Waals surface area contributed by atoms with Crippen LogP contribution in [0.4, 0.5) is 0 Å². The Bertz CT molecular complexity index is 447. The molecule has 0 heterocycles. The number of allylic oxidation sites excluding steroid dienone is 4. The van der Waals surface area contributed by atoms with Gasteiger partial charge in [0.05, 0.1) is 0 Å². The maximum atomic E-state index is 2.57. The van der Waals surface area contributed by atoms with E-state index >= 15 is 0 Å². The quantitative estimate of drug-likeness (QED) is 0.720. The summed E-state index contributed by atoms with van der Waals surface area (Å²) < 4.78 is 0.609. The van der Waals surface area contributed by atoms with Gasteiger partial charge in [0.15, 0.2) is 0 Å². The van der Waals surface area contributed by atoms with Crippen LogP contribution in [0, 0.1) is 0 Å². The molecule has 2 rings (SSSR count). The Morgan fingerprint density at radius 1 is 0.944 bits per heavy atom. The predicted molar refractivity (Wildman–Crippen MR) is 88.6 cm³/mol. The van der Waals surface area contributed by atoms with Crippen molar-refractivity contribution >= 4 is 23.2 Å². The van der Waals surface area contributed by atoms with Gasteiger partial charge in [-0.1, -0.05) is 74.7 Å². The first-order valence-corrected chi connectivity index (χ1v) is 12.8. The van der Waals surface area contributed by atoms with Gasteiger partial charge in [0.25, 0.3) is 0 Å². The molecule has 0 spiro atoms. The van der Waals surface area contributed by atoms with E-state index in [2.05, 4.69) is 74.7 Å². The SMILES string of the molecule is C[SiH](C)C1([SiH](C)C)C=CC(c2ccccc2)=CC1. The number of rotatable bonds is 3. The molecule has 1 aromatic carbocycles. The lowest BCUT2D eigenvalue weighted by atomic mass is 9.99. The molecular formula is C16H24Si2. The molecule has 96 valence electrons. The summed E-state index contributed by atoms with van der Waals surface area (Å²) in [5, 5.41) is 0. The van der Waals surface area contributed by atoms with E-state index in [4.69, 9.17) is 0 Å². The van der Waals surface area contributed by atoms with Gasteiger partial charge in [-0.2, -0.15) is 0 Å². The maximum Gasteiger partial charge on any atom is 0.0386 e. The molecule has 0 nitrogen and oxygen atoms in total. The molecule has 1 aromatic rings. The van der Waals surface area contributed by atoms with Gasteiger partial charge in [-0.25, -0.2) is 0 Å². The van der Waals surface area contributed by atoms with Crippen LogP contribution in [0.3, 0.4) is 0 Å². The predicted octanol–water partition coefficient (Wildman–Crippen LogP) is 4.28. The Balaban J connectivity index is 2.26. The highest BCUT2D eigenvalue weighted by molar-refractivity contribution is 6.81. The molecule has 0 aliphatic heterocycles. The summed E-state index contributed by atoms with van der Waals surface area (Å²) in [4.78, 5) is 0. The van der Waals surface area contributed by atoms with Crippen LogP contribution >= 0.6 is 0 Å². The zero-order valence-corrected chi connectivity index (χ0v) is 14.3. The van der Waals surface area contributed by atoms with Gasteiger partial charge in [-0.3, -0.25) is 0 Å². The Labute approximate surface area is 115 Å². The van der Waals surface area contributed by atoms with E-state index in [1.807, 2.05) is 0 Å². The van der Waals surface area contributed by atoms with Crippen LogP contribution in [-0.2, 0) is 0 Å². The standard InChI is InChI=1S/C16H24Si2/c1-17(2)16(18(3)4)12-10-15(11-13-16)14-8-6-5-7-9-14/h5-12,17-18H,13H2,1-4H3. The molecule has 0 amide bonds. The van der Waals surface area contributed by atoms with E-state index in [1.54, 1.807) is 0 Å². The summed E-state index contributed by atoms with van der Waals surface area (Å²) in [5.41, 5.74) is 2.77. The van der Waals surface area contributed by atoms with Gasteiger partial charge in [0.1, 0.15) is 0 Å². The summed E-state index contributed by atoms with van der Waals surface area (Å²) >= 11 is 0. The van der Waals surface area contributed by atoms with Crippen LogP contribution in [0.15, 0.2) is 48.6 Å². The monoisotopic (exact) mass is 272 g/mol. The van der Waals surface area contributed by atoms with Crippen molar-refractivity contribution in [1.82, 2.24) is 0 Å². The third-order valence-electron chi connectivity index (χ3n) is 4.51. The van der Waals surface area contributed by atoms with Crippen LogP contribution in [0.2, 0.25) is 30.8 Å². The molecule has 18 heavy (non-hydrogen) atoms. The van der Waals surface area contributed by atoms with E-state index in [0.717, 1.165) is 0 Å². The highest BCUT2D eigenvalue weighted by atomic mass is 28.3. The highest BCUT2D eigenvalue weighted by Gasteiger charge is 2.36. The lowest BCUT2D eigenvalue weighted by molar-refractivity contribution is 0.891. The van der Waals surface area contributed by atoms with E-state index in [1.165, 1.54) is 17.6 Å². The van der Waals surface area contributed by atoms with Crippen molar-refractivity contribution < 1.29 is 0 Å². The molecule has 0 radical (unpaired) electrons. The van der Waals surface area contributed by atoms with Crippen molar-refractivity contribution in [2.24, 2.45) is 0 Å². The Morgan fingerprint density at radius 3 is 2.00 bits per heavy atom. The van der Waals surface area contributed by atoms with Gasteiger partial charge < -0.3 is 0 Å². The van der Waals surface area contributed by atoms with E-state index in [9.17, 15) is 0 Å². The Kier molecular flexibility index (Phi) is 4.08. The fourth-order valence-corrected chi connectivity index (χ4v) is 10.5. The summed E-state index contributed by atoms with van der Waals surface area (Å²) in [5.74, 6) is 0. The van der Waals surface area contributed by atoms with Crippen LogP contribution in [0.25, 0.3) is 5.57 Å². The van der Waals surface area contributed by atoms with Crippen molar-refractivity contribution in [1.29, 1.82) is 0 Å². The normalized spacial score (nSPS) is 18.2. The highest BCUT2D eigenvalue weighted by Crippen LogP contribution is 2.44. The third kappa shape index (κ3) is 2.45. The molecule has 1 aliphatic carbocycles. The maximum absolute atomic E-state index is 2.57. The minimum absolute atomic E-state index is 0.609. The second-order valence-corrected chi connectivity index (χ2v) is 13.4. The molecule has 0 fully saturated rings. The smallest absolute Gasteiger partial charge is 0.0386 e. The molecule has 0 N–H and O–H groups in total. The summed E-state index contributed by atoms with van der Waals surface area (Å²) in [6.45, 7) is 10.1. The van der Waals surface area contributed by atoms with Crippen LogP contribution in [-0.4, -0.2) is 17.6 Å². The molecule has 0 atom stereocenters. The first-order chi connectivity index (χ1) is 8.56. The van der Waals surface area contributed by atoms with Crippen LogP contribution in [0.1, 0.15) is 12.0 Å². The van der Waals surface area contributed by atoms with Gasteiger partial charge in [-0.05, 0) is 22.2 Å². The minimum Gasteiger partial charge on any atom is -0.0833 e. The Hall–Kier alpha value is -0.866. The van der Waals surface area contributed by atoms with E-state index in [0.29, 0.717) is 4.66 Å².